The van der Waals surface area contributed by atoms with E-state index < -0.39 is 17.5 Å². The topological polar surface area (TPSA) is 106 Å². The molecular weight excluding hydrogens is 430 g/mol. The Kier molecular flexibility index (Phi) is 9.46. The van der Waals surface area contributed by atoms with E-state index in [0.29, 0.717) is 24.2 Å². The number of hydrogen-bond acceptors (Lipinski definition) is 7. The highest BCUT2D eigenvalue weighted by Gasteiger charge is 2.22. The highest BCUT2D eigenvalue weighted by Crippen LogP contribution is 2.27. The highest BCUT2D eigenvalue weighted by molar-refractivity contribution is 7.12. The lowest BCUT2D eigenvalue weighted by Crippen LogP contribution is -2.16. The number of aryl methyl sites for hydroxylation is 1. The van der Waals surface area contributed by atoms with Crippen LogP contribution in [0.4, 0.5) is 4.79 Å². The van der Waals surface area contributed by atoms with Gasteiger partial charge >= 0.3 is 11.7 Å². The van der Waals surface area contributed by atoms with Crippen molar-refractivity contribution in [3.8, 4) is 5.75 Å². The Bertz CT molecular complexity index is 1060. The number of amides is 1. The van der Waals surface area contributed by atoms with Crippen LogP contribution >= 0.6 is 11.3 Å². The van der Waals surface area contributed by atoms with Crippen molar-refractivity contribution in [2.45, 2.75) is 52.4 Å². The predicted molar refractivity (Wildman–Crippen MR) is 125 cm³/mol. The molecule has 2 rings (SSSR count). The molecule has 0 saturated carbocycles. The molecule has 8 heteroatoms. The number of hydrogen-bond donors (Lipinski definition) is 2. The Morgan fingerprint density at radius 1 is 1.34 bits per heavy atom. The van der Waals surface area contributed by atoms with Gasteiger partial charge in [0, 0.05) is 27.9 Å². The van der Waals surface area contributed by atoms with Crippen LogP contribution in [0, 0.1) is 0 Å². The fraction of sp³-hybridized carbons (Fsp3) is 0.375. The summed E-state index contributed by atoms with van der Waals surface area (Å²) in [5, 5.41) is 12.8. The molecule has 1 amide bonds. The second-order valence-corrected chi connectivity index (χ2v) is 8.62. The zero-order chi connectivity index (χ0) is 23.7. The van der Waals surface area contributed by atoms with Gasteiger partial charge in [0.15, 0.2) is 5.78 Å². The molecule has 1 atom stereocenters. The Morgan fingerprint density at radius 2 is 2.09 bits per heavy atom. The summed E-state index contributed by atoms with van der Waals surface area (Å²) in [4.78, 5) is 38.4. The first kappa shape index (κ1) is 25.1. The Morgan fingerprint density at radius 3 is 2.75 bits per heavy atom. The number of carbonyl (C=O) groups is 2. The highest BCUT2D eigenvalue weighted by atomic mass is 32.1. The molecule has 172 valence electrons. The summed E-state index contributed by atoms with van der Waals surface area (Å²) in [7, 11) is 1.27. The van der Waals surface area contributed by atoms with Gasteiger partial charge in [0.25, 0.3) is 0 Å². The predicted octanol–water partition coefficient (Wildman–Crippen LogP) is 5.40. The van der Waals surface area contributed by atoms with Crippen molar-refractivity contribution in [1.82, 2.24) is 5.32 Å². The molecule has 0 saturated heterocycles. The quantitative estimate of drug-likeness (QED) is 0.364. The van der Waals surface area contributed by atoms with Gasteiger partial charge in [0.1, 0.15) is 17.1 Å². The van der Waals surface area contributed by atoms with Crippen LogP contribution < -0.4 is 10.9 Å². The van der Waals surface area contributed by atoms with E-state index in [1.165, 1.54) is 24.3 Å². The molecule has 0 aromatic carbocycles. The standard InChI is InChI=1S/C24H29NO6S/c1-5-8-17-10-11-18(32-17)13-16(3)22(27)21-19(26)14-20(31-23(21)28)15(2)9-6-7-12-25-24(29)30-4/h7,10-15,26H,5-6,8-9H2,1-4H3,(H,25,29)/b12-7+,16-13+. The summed E-state index contributed by atoms with van der Waals surface area (Å²) in [5.74, 6) is -0.831. The number of carbonyl (C=O) groups excluding carboxylic acids is 2. The third-order valence-corrected chi connectivity index (χ3v) is 5.92. The van der Waals surface area contributed by atoms with Crippen LogP contribution in [-0.4, -0.2) is 24.1 Å². The molecule has 0 fully saturated rings. The molecule has 2 N–H and O–H groups in total. The number of rotatable bonds is 10. The monoisotopic (exact) mass is 459 g/mol. The number of aromatic hydroxyl groups is 1. The smallest absolute Gasteiger partial charge is 0.410 e. The molecule has 0 bridgehead atoms. The van der Waals surface area contributed by atoms with Crippen LogP contribution in [0.1, 0.15) is 71.8 Å². The summed E-state index contributed by atoms with van der Waals surface area (Å²) in [6.07, 6.45) is 7.60. The normalized spacial score (nSPS) is 12.7. The van der Waals surface area contributed by atoms with Crippen LogP contribution in [0.25, 0.3) is 6.08 Å². The first-order valence-electron chi connectivity index (χ1n) is 10.4. The van der Waals surface area contributed by atoms with Crippen molar-refractivity contribution < 1.29 is 23.8 Å². The Hall–Kier alpha value is -3.13. The molecule has 32 heavy (non-hydrogen) atoms. The van der Waals surface area contributed by atoms with Crippen LogP contribution in [0.5, 0.6) is 5.75 Å². The van der Waals surface area contributed by atoms with E-state index in [0.717, 1.165) is 17.7 Å². The van der Waals surface area contributed by atoms with E-state index in [2.05, 4.69) is 17.0 Å². The van der Waals surface area contributed by atoms with Gasteiger partial charge in [-0.3, -0.25) is 10.1 Å². The minimum atomic E-state index is -0.856. The lowest BCUT2D eigenvalue weighted by atomic mass is 10.00. The zero-order valence-electron chi connectivity index (χ0n) is 18.8. The molecule has 2 heterocycles. The molecule has 0 aliphatic rings. The number of methoxy groups -OCH3 is 1. The number of ketones is 1. The van der Waals surface area contributed by atoms with Crippen molar-refractivity contribution in [3.05, 3.63) is 67.5 Å². The van der Waals surface area contributed by atoms with Crippen molar-refractivity contribution >= 4 is 29.3 Å². The van der Waals surface area contributed by atoms with Gasteiger partial charge in [0.2, 0.25) is 0 Å². The second kappa shape index (κ2) is 12.0. The second-order valence-electron chi connectivity index (χ2n) is 7.42. The summed E-state index contributed by atoms with van der Waals surface area (Å²) in [5.41, 5.74) is -0.867. The maximum Gasteiger partial charge on any atom is 0.410 e. The van der Waals surface area contributed by atoms with Crippen molar-refractivity contribution in [2.24, 2.45) is 0 Å². The minimum Gasteiger partial charge on any atom is -0.507 e. The van der Waals surface area contributed by atoms with Crippen LogP contribution in [0.3, 0.4) is 0 Å². The molecule has 2 aromatic rings. The van der Waals surface area contributed by atoms with E-state index >= 15 is 0 Å². The summed E-state index contributed by atoms with van der Waals surface area (Å²) in [6, 6.07) is 5.29. The van der Waals surface area contributed by atoms with E-state index in [9.17, 15) is 19.5 Å². The molecule has 0 spiro atoms. The fourth-order valence-corrected chi connectivity index (χ4v) is 4.15. The molecule has 0 aliphatic heterocycles. The van der Waals surface area contributed by atoms with E-state index in [1.807, 2.05) is 19.1 Å². The van der Waals surface area contributed by atoms with E-state index in [-0.39, 0.29) is 17.2 Å². The van der Waals surface area contributed by atoms with E-state index in [1.54, 1.807) is 30.4 Å². The average Bonchev–Trinajstić information content (AvgIpc) is 3.19. The van der Waals surface area contributed by atoms with Crippen LogP contribution in [0.15, 0.2) is 45.3 Å². The fourth-order valence-electron chi connectivity index (χ4n) is 3.04. The van der Waals surface area contributed by atoms with Gasteiger partial charge < -0.3 is 14.3 Å². The van der Waals surface area contributed by atoms with Crippen molar-refractivity contribution in [2.75, 3.05) is 7.11 Å². The minimum absolute atomic E-state index is 0.180. The Labute approximate surface area is 191 Å². The van der Waals surface area contributed by atoms with Gasteiger partial charge in [-0.2, -0.15) is 0 Å². The number of ether oxygens (including phenoxy) is 1. The molecule has 1 unspecified atom stereocenters. The van der Waals surface area contributed by atoms with Gasteiger partial charge in [-0.1, -0.05) is 26.3 Å². The molecule has 0 aliphatic carbocycles. The molecule has 2 aromatic heterocycles. The van der Waals surface area contributed by atoms with Gasteiger partial charge in [0.05, 0.1) is 7.11 Å². The van der Waals surface area contributed by atoms with Gasteiger partial charge in [-0.05, 0) is 50.0 Å². The van der Waals surface area contributed by atoms with Gasteiger partial charge in [-0.25, -0.2) is 9.59 Å². The largest absolute Gasteiger partial charge is 0.507 e. The first-order valence-corrected chi connectivity index (χ1v) is 11.3. The zero-order valence-corrected chi connectivity index (χ0v) is 19.6. The lowest BCUT2D eigenvalue weighted by molar-refractivity contribution is 0.102. The number of alkyl carbamates (subject to hydrolysis) is 1. The van der Waals surface area contributed by atoms with E-state index in [4.69, 9.17) is 4.42 Å². The van der Waals surface area contributed by atoms with Crippen LogP contribution in [0.2, 0.25) is 0 Å². The van der Waals surface area contributed by atoms with Crippen LogP contribution in [-0.2, 0) is 11.2 Å². The molecule has 7 nitrogen and oxygen atoms in total. The maximum atomic E-state index is 12.8. The Balaban J connectivity index is 2.10. The summed E-state index contributed by atoms with van der Waals surface area (Å²) < 4.78 is 9.80. The van der Waals surface area contributed by atoms with Crippen molar-refractivity contribution in [3.63, 3.8) is 0 Å². The molecular formula is C24H29NO6S. The van der Waals surface area contributed by atoms with Crippen molar-refractivity contribution in [1.29, 1.82) is 0 Å². The number of thiophene rings is 1. The molecule has 0 radical (unpaired) electrons. The number of Topliss-reactive ketones (excluding diaryl/α,β-unsaturated/α-hetero) is 1. The third kappa shape index (κ3) is 6.95. The third-order valence-electron chi connectivity index (χ3n) is 4.83. The summed E-state index contributed by atoms with van der Waals surface area (Å²) >= 11 is 1.60. The lowest BCUT2D eigenvalue weighted by Gasteiger charge is -2.11. The van der Waals surface area contributed by atoms with Gasteiger partial charge in [-0.15, -0.1) is 11.3 Å². The maximum absolute atomic E-state index is 12.8. The first-order chi connectivity index (χ1) is 15.3. The SMILES string of the molecule is CCCc1ccc(/C=C(\C)C(=O)c2c(O)cc(C(C)CC/C=C/NC(=O)OC)oc2=O)s1. The number of allylic oxidation sites excluding steroid dienone is 2. The number of nitrogens with one attached hydrogen (secondary N) is 1. The summed E-state index contributed by atoms with van der Waals surface area (Å²) in [6.45, 7) is 5.57. The average molecular weight is 460 g/mol.